The average Bonchev–Trinajstić information content (AvgIpc) is 2.47. The number of aromatic nitrogens is 2. The summed E-state index contributed by atoms with van der Waals surface area (Å²) in [5, 5.41) is 4.09. The SMILES string of the molecule is CC=O.CCc1cc(OC)nn1C. The highest BCUT2D eigenvalue weighted by Gasteiger charge is 2.00. The molecule has 0 fully saturated rings. The van der Waals surface area contributed by atoms with Crippen molar-refractivity contribution >= 4 is 6.29 Å². The fraction of sp³-hybridized carbons (Fsp3) is 0.556. The lowest BCUT2D eigenvalue weighted by atomic mass is 10.3. The van der Waals surface area contributed by atoms with Crippen molar-refractivity contribution in [2.45, 2.75) is 20.3 Å². The summed E-state index contributed by atoms with van der Waals surface area (Å²) in [6.45, 7) is 3.54. The van der Waals surface area contributed by atoms with Crippen LogP contribution in [0, 0.1) is 0 Å². The van der Waals surface area contributed by atoms with Crippen molar-refractivity contribution in [3.8, 4) is 5.88 Å². The van der Waals surface area contributed by atoms with E-state index >= 15 is 0 Å². The molecular weight excluding hydrogens is 168 g/mol. The van der Waals surface area contributed by atoms with E-state index in [1.165, 1.54) is 12.6 Å². The van der Waals surface area contributed by atoms with E-state index in [1.807, 2.05) is 17.8 Å². The number of hydrogen-bond donors (Lipinski definition) is 0. The van der Waals surface area contributed by atoms with Crippen LogP contribution >= 0.6 is 0 Å². The second-order valence-corrected chi connectivity index (χ2v) is 2.39. The van der Waals surface area contributed by atoms with Crippen molar-refractivity contribution in [3.05, 3.63) is 11.8 Å². The van der Waals surface area contributed by atoms with E-state index in [-0.39, 0.29) is 0 Å². The van der Waals surface area contributed by atoms with Gasteiger partial charge >= 0.3 is 0 Å². The number of aldehydes is 1. The zero-order valence-corrected chi connectivity index (χ0v) is 8.57. The molecule has 1 aromatic heterocycles. The van der Waals surface area contributed by atoms with Crippen molar-refractivity contribution in [2.75, 3.05) is 7.11 Å². The molecule has 0 saturated carbocycles. The Morgan fingerprint density at radius 1 is 1.69 bits per heavy atom. The van der Waals surface area contributed by atoms with Crippen LogP contribution in [0.1, 0.15) is 19.5 Å². The van der Waals surface area contributed by atoms with Gasteiger partial charge in [-0.1, -0.05) is 6.92 Å². The van der Waals surface area contributed by atoms with Crippen LogP contribution in [0.4, 0.5) is 0 Å². The molecule has 0 radical (unpaired) electrons. The fourth-order valence-electron chi connectivity index (χ4n) is 0.908. The monoisotopic (exact) mass is 184 g/mol. The molecule has 0 saturated heterocycles. The maximum atomic E-state index is 8.81. The maximum absolute atomic E-state index is 8.81. The smallest absolute Gasteiger partial charge is 0.232 e. The van der Waals surface area contributed by atoms with Gasteiger partial charge in [-0.25, -0.2) is 0 Å². The van der Waals surface area contributed by atoms with E-state index in [0.29, 0.717) is 5.88 Å². The number of nitrogens with zero attached hydrogens (tertiary/aromatic N) is 2. The van der Waals surface area contributed by atoms with Crippen molar-refractivity contribution in [1.29, 1.82) is 0 Å². The van der Waals surface area contributed by atoms with Crippen LogP contribution < -0.4 is 4.74 Å². The van der Waals surface area contributed by atoms with Gasteiger partial charge in [-0.15, -0.1) is 5.10 Å². The van der Waals surface area contributed by atoms with Crippen LogP contribution in [0.25, 0.3) is 0 Å². The van der Waals surface area contributed by atoms with Gasteiger partial charge in [0.1, 0.15) is 6.29 Å². The molecule has 0 unspecified atom stereocenters. The summed E-state index contributed by atoms with van der Waals surface area (Å²) in [5.41, 5.74) is 1.19. The minimum Gasteiger partial charge on any atom is -0.480 e. The summed E-state index contributed by atoms with van der Waals surface area (Å²) >= 11 is 0. The number of carbonyl (C=O) groups excluding carboxylic acids is 1. The summed E-state index contributed by atoms with van der Waals surface area (Å²) in [7, 11) is 3.54. The molecule has 0 aliphatic rings. The number of carbonyl (C=O) groups is 1. The molecule has 1 heterocycles. The second-order valence-electron chi connectivity index (χ2n) is 2.39. The molecule has 0 atom stereocenters. The number of ether oxygens (including phenoxy) is 1. The van der Waals surface area contributed by atoms with E-state index in [2.05, 4.69) is 12.0 Å². The topological polar surface area (TPSA) is 44.1 Å². The largest absolute Gasteiger partial charge is 0.480 e. The highest BCUT2D eigenvalue weighted by molar-refractivity contribution is 5.44. The number of rotatable bonds is 2. The zero-order chi connectivity index (χ0) is 10.3. The minimum atomic E-state index is 0.694. The van der Waals surface area contributed by atoms with Crippen LogP contribution in [-0.4, -0.2) is 23.2 Å². The maximum Gasteiger partial charge on any atom is 0.232 e. The standard InChI is InChI=1S/C7H12N2O.C2H4O/c1-4-6-5-7(10-3)8-9(6)2;1-2-3/h5H,4H2,1-3H3;2H,1H3. The van der Waals surface area contributed by atoms with Crippen molar-refractivity contribution < 1.29 is 9.53 Å². The van der Waals surface area contributed by atoms with Crippen LogP contribution in [-0.2, 0) is 18.3 Å². The predicted molar refractivity (Wildman–Crippen MR) is 50.9 cm³/mol. The van der Waals surface area contributed by atoms with E-state index in [0.717, 1.165) is 12.7 Å². The molecule has 13 heavy (non-hydrogen) atoms. The lowest BCUT2D eigenvalue weighted by Gasteiger charge is -1.92. The van der Waals surface area contributed by atoms with Gasteiger partial charge in [0.2, 0.25) is 5.88 Å². The summed E-state index contributed by atoms with van der Waals surface area (Å²) in [6.07, 6.45) is 1.74. The van der Waals surface area contributed by atoms with Crippen molar-refractivity contribution in [3.63, 3.8) is 0 Å². The van der Waals surface area contributed by atoms with Crippen LogP contribution in [0.3, 0.4) is 0 Å². The Hall–Kier alpha value is -1.32. The molecule has 0 amide bonds. The molecule has 0 aliphatic carbocycles. The van der Waals surface area contributed by atoms with E-state index in [1.54, 1.807) is 7.11 Å². The van der Waals surface area contributed by atoms with Gasteiger partial charge in [0.25, 0.3) is 0 Å². The second kappa shape index (κ2) is 6.22. The van der Waals surface area contributed by atoms with Crippen molar-refractivity contribution in [2.24, 2.45) is 7.05 Å². The van der Waals surface area contributed by atoms with Crippen LogP contribution in [0.2, 0.25) is 0 Å². The number of hydrogen-bond acceptors (Lipinski definition) is 3. The molecule has 1 aromatic rings. The van der Waals surface area contributed by atoms with E-state index in [9.17, 15) is 0 Å². The zero-order valence-electron chi connectivity index (χ0n) is 8.57. The van der Waals surface area contributed by atoms with Gasteiger partial charge < -0.3 is 9.53 Å². The molecule has 0 aromatic carbocycles. The fourth-order valence-corrected chi connectivity index (χ4v) is 0.908. The van der Waals surface area contributed by atoms with Gasteiger partial charge in [-0.3, -0.25) is 4.68 Å². The van der Waals surface area contributed by atoms with E-state index < -0.39 is 0 Å². The molecular formula is C9H16N2O2. The molecule has 0 spiro atoms. The highest BCUT2D eigenvalue weighted by Crippen LogP contribution is 2.09. The Kier molecular flexibility index (Phi) is 5.59. The first-order valence-electron chi connectivity index (χ1n) is 4.16. The summed E-state index contributed by atoms with van der Waals surface area (Å²) in [6, 6.07) is 1.94. The molecule has 0 aliphatic heterocycles. The first-order valence-corrected chi connectivity index (χ1v) is 4.16. The highest BCUT2D eigenvalue weighted by atomic mass is 16.5. The third-order valence-electron chi connectivity index (χ3n) is 1.53. The average molecular weight is 184 g/mol. The summed E-state index contributed by atoms with van der Waals surface area (Å²) in [4.78, 5) is 8.81. The Morgan fingerprint density at radius 2 is 2.23 bits per heavy atom. The minimum absolute atomic E-state index is 0.694. The van der Waals surface area contributed by atoms with Crippen molar-refractivity contribution in [1.82, 2.24) is 9.78 Å². The number of aryl methyl sites for hydroxylation is 2. The molecule has 0 bridgehead atoms. The van der Waals surface area contributed by atoms with Gasteiger partial charge in [-0.2, -0.15) is 0 Å². The molecule has 4 nitrogen and oxygen atoms in total. The Balaban J connectivity index is 0.000000424. The summed E-state index contributed by atoms with van der Waals surface area (Å²) in [5.74, 6) is 0.694. The Labute approximate surface area is 78.5 Å². The van der Waals surface area contributed by atoms with Gasteiger partial charge in [0.15, 0.2) is 0 Å². The predicted octanol–water partition coefficient (Wildman–Crippen LogP) is 1.20. The molecule has 0 N–H and O–H groups in total. The third-order valence-corrected chi connectivity index (χ3v) is 1.53. The first-order chi connectivity index (χ1) is 6.19. The normalized spacial score (nSPS) is 8.62. The van der Waals surface area contributed by atoms with Gasteiger partial charge in [0.05, 0.1) is 7.11 Å². The molecule has 74 valence electrons. The van der Waals surface area contributed by atoms with Crippen LogP contribution in [0.5, 0.6) is 5.88 Å². The van der Waals surface area contributed by atoms with E-state index in [4.69, 9.17) is 9.53 Å². The Morgan fingerprint density at radius 3 is 2.46 bits per heavy atom. The molecule has 4 heteroatoms. The van der Waals surface area contributed by atoms with Gasteiger partial charge in [-0.05, 0) is 13.3 Å². The quantitative estimate of drug-likeness (QED) is 0.649. The first kappa shape index (κ1) is 11.7. The molecule has 1 rings (SSSR count). The van der Waals surface area contributed by atoms with Crippen LogP contribution in [0.15, 0.2) is 6.07 Å². The van der Waals surface area contributed by atoms with Gasteiger partial charge in [0, 0.05) is 18.8 Å². The Bertz CT molecular complexity index is 256. The summed E-state index contributed by atoms with van der Waals surface area (Å²) < 4.78 is 6.78. The lowest BCUT2D eigenvalue weighted by Crippen LogP contribution is -1.95. The number of methoxy groups -OCH3 is 1. The third kappa shape index (κ3) is 3.73. The lowest BCUT2D eigenvalue weighted by molar-refractivity contribution is -0.106.